The lowest BCUT2D eigenvalue weighted by Gasteiger charge is -2.07. The van der Waals surface area contributed by atoms with E-state index in [9.17, 15) is 0 Å². The minimum Gasteiger partial charge on any atom is -0.496 e. The molecule has 3 N–H and O–H groups in total. The molecule has 0 bridgehead atoms. The Kier molecular flexibility index (Phi) is 2.72. The molecule has 0 saturated heterocycles. The van der Waals surface area contributed by atoms with Gasteiger partial charge in [0.1, 0.15) is 17.2 Å². The highest BCUT2D eigenvalue weighted by Crippen LogP contribution is 2.33. The van der Waals surface area contributed by atoms with Gasteiger partial charge in [-0.25, -0.2) is 9.97 Å². The van der Waals surface area contributed by atoms with Crippen LogP contribution in [0.3, 0.4) is 0 Å². The van der Waals surface area contributed by atoms with Crippen molar-refractivity contribution in [3.05, 3.63) is 48.8 Å². The van der Waals surface area contributed by atoms with E-state index < -0.39 is 0 Å². The fraction of sp³-hybridized carbons (Fsp3) is 0.0588. The second kappa shape index (κ2) is 4.73. The smallest absolute Gasteiger partial charge is 0.138 e. The summed E-state index contributed by atoms with van der Waals surface area (Å²) < 4.78 is 5.43. The van der Waals surface area contributed by atoms with E-state index in [1.165, 1.54) is 0 Å². The Hall–Kier alpha value is -3.08. The molecule has 0 aliphatic rings. The first kappa shape index (κ1) is 12.6. The van der Waals surface area contributed by atoms with E-state index in [0.717, 1.165) is 38.8 Å². The summed E-state index contributed by atoms with van der Waals surface area (Å²) in [5.41, 5.74) is 9.56. The molecule has 5 nitrogen and oxygen atoms in total. The van der Waals surface area contributed by atoms with Gasteiger partial charge in [-0.3, -0.25) is 0 Å². The van der Waals surface area contributed by atoms with Gasteiger partial charge in [-0.15, -0.1) is 0 Å². The molecule has 4 rings (SSSR count). The van der Waals surface area contributed by atoms with Crippen LogP contribution in [0.4, 0.5) is 5.82 Å². The zero-order valence-corrected chi connectivity index (χ0v) is 12.0. The number of methoxy groups -OCH3 is 1. The number of anilines is 1. The van der Waals surface area contributed by atoms with Gasteiger partial charge in [0.25, 0.3) is 0 Å². The Morgan fingerprint density at radius 3 is 2.77 bits per heavy atom. The van der Waals surface area contributed by atoms with Crippen LogP contribution in [0.15, 0.2) is 48.8 Å². The summed E-state index contributed by atoms with van der Waals surface area (Å²) in [5, 5.41) is 2.04. The molecule has 0 amide bonds. The largest absolute Gasteiger partial charge is 0.496 e. The lowest BCUT2D eigenvalue weighted by atomic mass is 10.0. The maximum atomic E-state index is 5.80. The SMILES string of the molecule is COc1ccccc1-c1cnc2[nH]c3cnc(N)cc3c2c1. The van der Waals surface area contributed by atoms with Crippen molar-refractivity contribution in [1.82, 2.24) is 15.0 Å². The summed E-state index contributed by atoms with van der Waals surface area (Å²) in [7, 11) is 1.67. The number of pyridine rings is 2. The topological polar surface area (TPSA) is 76.8 Å². The highest BCUT2D eigenvalue weighted by Gasteiger charge is 2.10. The number of nitrogens with one attached hydrogen (secondary N) is 1. The van der Waals surface area contributed by atoms with Crippen LogP contribution >= 0.6 is 0 Å². The Labute approximate surface area is 126 Å². The fourth-order valence-corrected chi connectivity index (χ4v) is 2.72. The van der Waals surface area contributed by atoms with E-state index in [4.69, 9.17) is 10.5 Å². The molecule has 0 spiro atoms. The van der Waals surface area contributed by atoms with Crippen molar-refractivity contribution in [2.75, 3.05) is 12.8 Å². The fourth-order valence-electron chi connectivity index (χ4n) is 2.72. The molecule has 1 aromatic carbocycles. The van der Waals surface area contributed by atoms with E-state index in [1.54, 1.807) is 13.3 Å². The quantitative estimate of drug-likeness (QED) is 0.593. The van der Waals surface area contributed by atoms with E-state index >= 15 is 0 Å². The number of aromatic nitrogens is 3. The first-order valence-corrected chi connectivity index (χ1v) is 6.92. The van der Waals surface area contributed by atoms with E-state index in [2.05, 4.69) is 21.0 Å². The zero-order valence-electron chi connectivity index (χ0n) is 12.0. The summed E-state index contributed by atoms with van der Waals surface area (Å²) in [4.78, 5) is 11.9. The van der Waals surface area contributed by atoms with Crippen LogP contribution in [0.5, 0.6) is 5.75 Å². The summed E-state index contributed by atoms with van der Waals surface area (Å²) in [5.74, 6) is 1.32. The molecular weight excluding hydrogens is 276 g/mol. The molecule has 0 atom stereocenters. The van der Waals surface area contributed by atoms with Crippen LogP contribution in [-0.4, -0.2) is 22.1 Å². The van der Waals surface area contributed by atoms with E-state index in [-0.39, 0.29) is 0 Å². The number of benzene rings is 1. The highest BCUT2D eigenvalue weighted by molar-refractivity contribution is 6.07. The summed E-state index contributed by atoms with van der Waals surface area (Å²) in [6.45, 7) is 0. The number of nitrogen functional groups attached to an aromatic ring is 1. The molecule has 0 fully saturated rings. The Balaban J connectivity index is 2.00. The van der Waals surface area contributed by atoms with E-state index in [0.29, 0.717) is 5.82 Å². The van der Waals surface area contributed by atoms with Crippen molar-refractivity contribution in [2.24, 2.45) is 0 Å². The van der Waals surface area contributed by atoms with Gasteiger partial charge in [0.05, 0.1) is 18.8 Å². The van der Waals surface area contributed by atoms with Crippen LogP contribution in [0.25, 0.3) is 33.1 Å². The summed E-state index contributed by atoms with van der Waals surface area (Å²) in [6.07, 6.45) is 3.57. The first-order chi connectivity index (χ1) is 10.8. The molecule has 108 valence electrons. The van der Waals surface area contributed by atoms with Gasteiger partial charge in [0, 0.05) is 28.1 Å². The molecule has 3 aromatic heterocycles. The van der Waals surface area contributed by atoms with Gasteiger partial charge < -0.3 is 15.5 Å². The molecule has 0 aliphatic heterocycles. The van der Waals surface area contributed by atoms with Crippen LogP contribution in [0.2, 0.25) is 0 Å². The van der Waals surface area contributed by atoms with Crippen molar-refractivity contribution in [3.8, 4) is 16.9 Å². The summed E-state index contributed by atoms with van der Waals surface area (Å²) >= 11 is 0. The zero-order chi connectivity index (χ0) is 15.1. The van der Waals surface area contributed by atoms with Crippen LogP contribution in [0, 0.1) is 0 Å². The van der Waals surface area contributed by atoms with Gasteiger partial charge in [-0.05, 0) is 18.2 Å². The van der Waals surface area contributed by atoms with E-state index in [1.807, 2.05) is 36.5 Å². The Morgan fingerprint density at radius 1 is 1.05 bits per heavy atom. The molecule has 3 heterocycles. The number of hydrogen-bond acceptors (Lipinski definition) is 4. The number of fused-ring (bicyclic) bond motifs is 3. The highest BCUT2D eigenvalue weighted by atomic mass is 16.5. The predicted octanol–water partition coefficient (Wildman–Crippen LogP) is 3.37. The Bertz CT molecular complexity index is 990. The molecule has 22 heavy (non-hydrogen) atoms. The molecule has 0 unspecified atom stereocenters. The first-order valence-electron chi connectivity index (χ1n) is 6.92. The van der Waals surface area contributed by atoms with Gasteiger partial charge in [0.2, 0.25) is 0 Å². The number of ether oxygens (including phenoxy) is 1. The number of nitrogens with two attached hydrogens (primary N) is 1. The minimum atomic E-state index is 0.496. The number of aromatic amines is 1. The van der Waals surface area contributed by atoms with Crippen molar-refractivity contribution in [1.29, 1.82) is 0 Å². The number of rotatable bonds is 2. The summed E-state index contributed by atoms with van der Waals surface area (Å²) in [6, 6.07) is 11.9. The van der Waals surface area contributed by atoms with Crippen molar-refractivity contribution in [3.63, 3.8) is 0 Å². The standard InChI is InChI=1S/C17H14N4O/c1-22-15-5-3-2-4-11(15)10-6-13-12-7-16(18)19-9-14(12)21-17(13)20-8-10/h2-9H,1H3,(H2,18,19)(H,20,21). The molecule has 5 heteroatoms. The van der Waals surface area contributed by atoms with Crippen molar-refractivity contribution < 1.29 is 4.74 Å². The normalized spacial score (nSPS) is 11.1. The number of nitrogens with zero attached hydrogens (tertiary/aromatic N) is 2. The lowest BCUT2D eigenvalue weighted by molar-refractivity contribution is 0.416. The Morgan fingerprint density at radius 2 is 1.91 bits per heavy atom. The molecule has 0 saturated carbocycles. The van der Waals surface area contributed by atoms with Crippen molar-refractivity contribution >= 4 is 27.8 Å². The van der Waals surface area contributed by atoms with Gasteiger partial charge in [-0.1, -0.05) is 18.2 Å². The molecule has 0 radical (unpaired) electrons. The minimum absolute atomic E-state index is 0.496. The van der Waals surface area contributed by atoms with Crippen LogP contribution in [0.1, 0.15) is 0 Å². The van der Waals surface area contributed by atoms with Gasteiger partial charge >= 0.3 is 0 Å². The third-order valence-corrected chi connectivity index (χ3v) is 3.77. The second-order valence-corrected chi connectivity index (χ2v) is 5.10. The lowest BCUT2D eigenvalue weighted by Crippen LogP contribution is -1.88. The number of hydrogen-bond donors (Lipinski definition) is 2. The van der Waals surface area contributed by atoms with Gasteiger partial charge in [-0.2, -0.15) is 0 Å². The van der Waals surface area contributed by atoms with Crippen LogP contribution in [-0.2, 0) is 0 Å². The van der Waals surface area contributed by atoms with Crippen molar-refractivity contribution in [2.45, 2.75) is 0 Å². The average molecular weight is 290 g/mol. The average Bonchev–Trinajstić information content (AvgIpc) is 2.92. The molecule has 4 aromatic rings. The maximum Gasteiger partial charge on any atom is 0.138 e. The molecule has 0 aliphatic carbocycles. The van der Waals surface area contributed by atoms with Gasteiger partial charge in [0.15, 0.2) is 0 Å². The monoisotopic (exact) mass is 290 g/mol. The second-order valence-electron chi connectivity index (χ2n) is 5.10. The maximum absolute atomic E-state index is 5.80. The third-order valence-electron chi connectivity index (χ3n) is 3.77. The number of para-hydroxylation sites is 1. The molecular formula is C17H14N4O. The van der Waals surface area contributed by atoms with Crippen LogP contribution < -0.4 is 10.5 Å². The predicted molar refractivity (Wildman–Crippen MR) is 87.8 cm³/mol. The third kappa shape index (κ3) is 1.87. The number of H-pyrrole nitrogens is 1.